The molecule has 0 radical (unpaired) electrons. The predicted molar refractivity (Wildman–Crippen MR) is 157 cm³/mol. The molecule has 0 atom stereocenters. The summed E-state index contributed by atoms with van der Waals surface area (Å²) in [5.41, 5.74) is 4.15. The smallest absolute Gasteiger partial charge is 0.161 e. The molecule has 0 aliphatic carbocycles. The van der Waals surface area contributed by atoms with E-state index in [0.717, 1.165) is 96.6 Å². The number of unbranched alkanes of at least 4 members (excludes halogenated alkanes) is 4. The van der Waals surface area contributed by atoms with Gasteiger partial charge in [-0.25, -0.2) is 0 Å². The van der Waals surface area contributed by atoms with Crippen molar-refractivity contribution in [2.75, 3.05) is 26.4 Å². The average molecular weight is 509 g/mol. The van der Waals surface area contributed by atoms with Crippen molar-refractivity contribution in [3.8, 4) is 23.0 Å². The fourth-order valence-electron chi connectivity index (χ4n) is 3.66. The van der Waals surface area contributed by atoms with Crippen LogP contribution in [0.25, 0.3) is 11.1 Å². The van der Waals surface area contributed by atoms with Gasteiger partial charge in [0.25, 0.3) is 0 Å². The minimum Gasteiger partial charge on any atom is -0.490 e. The lowest BCUT2D eigenvalue weighted by Crippen LogP contribution is -2.03. The maximum atomic E-state index is 6.10. The molecule has 2 aromatic rings. The van der Waals surface area contributed by atoms with Gasteiger partial charge < -0.3 is 18.9 Å². The zero-order valence-corrected chi connectivity index (χ0v) is 23.9. The number of hydrogen-bond donors (Lipinski definition) is 0. The molecule has 0 saturated heterocycles. The summed E-state index contributed by atoms with van der Waals surface area (Å²) in [6.07, 6.45) is 10.6. The van der Waals surface area contributed by atoms with Gasteiger partial charge in [0.05, 0.1) is 26.4 Å². The standard InChI is InChI=1S/C33H48O4/c1-7-11-19-34-30-17-15-28(24-32(30)36-21-13-9-3)26(5)23-27(6)29-16-18-31(35-20-12-8-2)33(25-29)37-22-14-10-4/h15-18,23-25H,5,7-14,19-22H2,1-4,6H3/b27-23+. The van der Waals surface area contributed by atoms with Crippen LogP contribution in [0.5, 0.6) is 23.0 Å². The molecule has 204 valence electrons. The van der Waals surface area contributed by atoms with Gasteiger partial charge in [-0.1, -0.05) is 78.2 Å². The highest BCUT2D eigenvalue weighted by atomic mass is 16.5. The van der Waals surface area contributed by atoms with E-state index in [2.05, 4.69) is 65.5 Å². The highest BCUT2D eigenvalue weighted by Crippen LogP contribution is 2.34. The SMILES string of the molecule is C=C(/C=C(\C)c1ccc(OCCCC)c(OCCCC)c1)c1ccc(OCCCC)c(OCCCC)c1. The van der Waals surface area contributed by atoms with Crippen LogP contribution in [0.2, 0.25) is 0 Å². The molecule has 2 rings (SSSR count). The van der Waals surface area contributed by atoms with Crippen LogP contribution in [0.4, 0.5) is 0 Å². The minimum absolute atomic E-state index is 0.679. The molecule has 0 N–H and O–H groups in total. The third-order valence-corrected chi connectivity index (χ3v) is 6.13. The molecule has 0 aliphatic rings. The summed E-state index contributed by atoms with van der Waals surface area (Å²) in [4.78, 5) is 0. The number of allylic oxidation sites excluding steroid dienone is 3. The van der Waals surface area contributed by atoms with Gasteiger partial charge in [-0.15, -0.1) is 0 Å². The number of rotatable bonds is 19. The van der Waals surface area contributed by atoms with Crippen molar-refractivity contribution < 1.29 is 18.9 Å². The van der Waals surface area contributed by atoms with E-state index in [9.17, 15) is 0 Å². The Bertz CT molecular complexity index is 976. The lowest BCUT2D eigenvalue weighted by atomic mass is 10.00. The van der Waals surface area contributed by atoms with E-state index in [4.69, 9.17) is 18.9 Å². The van der Waals surface area contributed by atoms with Gasteiger partial charge in [0, 0.05) is 0 Å². The van der Waals surface area contributed by atoms with Gasteiger partial charge in [0.1, 0.15) is 0 Å². The van der Waals surface area contributed by atoms with Crippen LogP contribution in [0.1, 0.15) is 97.1 Å². The predicted octanol–water partition coefficient (Wildman–Crippen LogP) is 9.52. The fraction of sp³-hybridized carbons (Fsp3) is 0.515. The molecule has 0 amide bonds. The van der Waals surface area contributed by atoms with Crippen LogP contribution in [-0.4, -0.2) is 26.4 Å². The Hall–Kier alpha value is -2.88. The van der Waals surface area contributed by atoms with Gasteiger partial charge in [0.15, 0.2) is 23.0 Å². The lowest BCUT2D eigenvalue weighted by molar-refractivity contribution is 0.262. The third kappa shape index (κ3) is 10.6. The van der Waals surface area contributed by atoms with Gasteiger partial charge >= 0.3 is 0 Å². The normalized spacial score (nSPS) is 11.3. The number of hydrogen-bond acceptors (Lipinski definition) is 4. The van der Waals surface area contributed by atoms with Gasteiger partial charge in [0.2, 0.25) is 0 Å². The second-order valence-electron chi connectivity index (χ2n) is 9.48. The van der Waals surface area contributed by atoms with Crippen molar-refractivity contribution in [1.82, 2.24) is 0 Å². The Labute approximate surface area is 225 Å². The first-order valence-electron chi connectivity index (χ1n) is 14.2. The molecule has 0 heterocycles. The van der Waals surface area contributed by atoms with E-state index in [1.165, 1.54) is 0 Å². The Morgan fingerprint density at radius 3 is 1.41 bits per heavy atom. The highest BCUT2D eigenvalue weighted by molar-refractivity contribution is 5.83. The summed E-state index contributed by atoms with van der Waals surface area (Å²) in [6, 6.07) is 12.3. The quantitative estimate of drug-likeness (QED) is 0.140. The largest absolute Gasteiger partial charge is 0.490 e. The van der Waals surface area contributed by atoms with Crippen LogP contribution in [0.15, 0.2) is 49.1 Å². The first-order chi connectivity index (χ1) is 18.0. The Kier molecular flexibility index (Phi) is 14.4. The molecule has 4 heteroatoms. The van der Waals surface area contributed by atoms with Crippen LogP contribution in [0.3, 0.4) is 0 Å². The highest BCUT2D eigenvalue weighted by Gasteiger charge is 2.11. The third-order valence-electron chi connectivity index (χ3n) is 6.13. The maximum absolute atomic E-state index is 6.10. The molecule has 0 aliphatic heterocycles. The summed E-state index contributed by atoms with van der Waals surface area (Å²) in [6.45, 7) is 17.9. The minimum atomic E-state index is 0.679. The summed E-state index contributed by atoms with van der Waals surface area (Å²) in [5, 5.41) is 0. The molecule has 37 heavy (non-hydrogen) atoms. The van der Waals surface area contributed by atoms with Crippen LogP contribution >= 0.6 is 0 Å². The molecule has 0 saturated carbocycles. The van der Waals surface area contributed by atoms with Crippen molar-refractivity contribution in [1.29, 1.82) is 0 Å². The van der Waals surface area contributed by atoms with E-state index >= 15 is 0 Å². The Balaban J connectivity index is 2.24. The van der Waals surface area contributed by atoms with E-state index in [-0.39, 0.29) is 0 Å². The molecule has 0 unspecified atom stereocenters. The topological polar surface area (TPSA) is 36.9 Å². The Morgan fingerprint density at radius 2 is 0.973 bits per heavy atom. The van der Waals surface area contributed by atoms with Crippen molar-refractivity contribution in [2.24, 2.45) is 0 Å². The zero-order chi connectivity index (χ0) is 26.9. The van der Waals surface area contributed by atoms with Gasteiger partial charge in [-0.2, -0.15) is 0 Å². The lowest BCUT2D eigenvalue weighted by Gasteiger charge is -2.15. The molecule has 0 aromatic heterocycles. The van der Waals surface area contributed by atoms with E-state index in [1.807, 2.05) is 18.2 Å². The van der Waals surface area contributed by atoms with Crippen LogP contribution in [-0.2, 0) is 0 Å². The molecule has 0 spiro atoms. The zero-order valence-electron chi connectivity index (χ0n) is 23.9. The van der Waals surface area contributed by atoms with Gasteiger partial charge in [-0.05, 0) is 79.1 Å². The van der Waals surface area contributed by atoms with Crippen LogP contribution < -0.4 is 18.9 Å². The molecule has 0 bridgehead atoms. The molecule has 2 aromatic carbocycles. The average Bonchev–Trinajstić information content (AvgIpc) is 2.90. The summed E-state index contributed by atoms with van der Waals surface area (Å²) >= 11 is 0. The maximum Gasteiger partial charge on any atom is 0.161 e. The van der Waals surface area contributed by atoms with E-state index in [1.54, 1.807) is 0 Å². The van der Waals surface area contributed by atoms with E-state index in [0.29, 0.717) is 26.4 Å². The summed E-state index contributed by atoms with van der Waals surface area (Å²) in [5.74, 6) is 3.21. The van der Waals surface area contributed by atoms with Crippen LogP contribution in [0, 0.1) is 0 Å². The monoisotopic (exact) mass is 508 g/mol. The molecular formula is C33H48O4. The summed E-state index contributed by atoms with van der Waals surface area (Å²) in [7, 11) is 0. The van der Waals surface area contributed by atoms with Crippen molar-refractivity contribution in [3.63, 3.8) is 0 Å². The van der Waals surface area contributed by atoms with E-state index < -0.39 is 0 Å². The van der Waals surface area contributed by atoms with Crippen molar-refractivity contribution in [2.45, 2.75) is 86.0 Å². The second kappa shape index (κ2) is 17.6. The molecule has 4 nitrogen and oxygen atoms in total. The molecular weight excluding hydrogens is 460 g/mol. The van der Waals surface area contributed by atoms with Gasteiger partial charge in [-0.3, -0.25) is 0 Å². The fourth-order valence-corrected chi connectivity index (χ4v) is 3.66. The molecule has 0 fully saturated rings. The van der Waals surface area contributed by atoms with Crippen molar-refractivity contribution in [3.05, 3.63) is 60.2 Å². The second-order valence-corrected chi connectivity index (χ2v) is 9.48. The first kappa shape index (κ1) is 30.3. The Morgan fingerprint density at radius 1 is 0.595 bits per heavy atom. The number of benzene rings is 2. The van der Waals surface area contributed by atoms with Crippen molar-refractivity contribution >= 4 is 11.1 Å². The summed E-state index contributed by atoms with van der Waals surface area (Å²) < 4.78 is 24.2. The number of ether oxygens (including phenoxy) is 4. The first-order valence-corrected chi connectivity index (χ1v) is 14.2.